The zero-order valence-corrected chi connectivity index (χ0v) is 11.2. The van der Waals surface area contributed by atoms with E-state index in [1.807, 2.05) is 25.1 Å². The lowest BCUT2D eigenvalue weighted by Crippen LogP contribution is -2.35. The second-order valence-electron chi connectivity index (χ2n) is 5.11. The Labute approximate surface area is 111 Å². The third-order valence-electron chi connectivity index (χ3n) is 3.82. The summed E-state index contributed by atoms with van der Waals surface area (Å²) in [6.07, 6.45) is 1.10. The minimum Gasteiger partial charge on any atom is -0.469 e. The van der Waals surface area contributed by atoms with E-state index in [4.69, 9.17) is 9.47 Å². The average Bonchev–Trinajstić information content (AvgIpc) is 2.79. The third kappa shape index (κ3) is 1.92. The van der Waals surface area contributed by atoms with E-state index in [-0.39, 0.29) is 12.4 Å². The molecule has 1 atom stereocenters. The van der Waals surface area contributed by atoms with Crippen LogP contribution in [0.25, 0.3) is 10.9 Å². The molecule has 100 valence electrons. The second-order valence-corrected chi connectivity index (χ2v) is 5.11. The van der Waals surface area contributed by atoms with E-state index >= 15 is 0 Å². The summed E-state index contributed by atoms with van der Waals surface area (Å²) in [7, 11) is 1.40. The Morgan fingerprint density at radius 3 is 3.05 bits per heavy atom. The number of H-pyrrole nitrogens is 1. The molecule has 3 rings (SSSR count). The second kappa shape index (κ2) is 4.38. The van der Waals surface area contributed by atoms with Crippen LogP contribution in [-0.2, 0) is 26.3 Å². The summed E-state index contributed by atoms with van der Waals surface area (Å²) >= 11 is 0. The van der Waals surface area contributed by atoms with Crippen LogP contribution in [0.1, 0.15) is 24.6 Å². The minimum absolute atomic E-state index is 0.226. The molecular formula is C15H17NO3. The van der Waals surface area contributed by atoms with Crippen LogP contribution in [0.5, 0.6) is 0 Å². The number of para-hydroxylation sites is 1. The van der Waals surface area contributed by atoms with E-state index in [1.165, 1.54) is 18.1 Å². The van der Waals surface area contributed by atoms with E-state index < -0.39 is 5.60 Å². The number of rotatable bonds is 2. The Kier molecular flexibility index (Phi) is 2.82. The van der Waals surface area contributed by atoms with Crippen molar-refractivity contribution >= 4 is 16.9 Å². The Hall–Kier alpha value is -1.81. The van der Waals surface area contributed by atoms with Gasteiger partial charge >= 0.3 is 5.97 Å². The maximum absolute atomic E-state index is 11.6. The predicted octanol–water partition coefficient (Wildman–Crippen LogP) is 2.52. The molecule has 1 aliphatic rings. The lowest BCUT2D eigenvalue weighted by atomic mass is 9.90. The molecule has 0 saturated carbocycles. The van der Waals surface area contributed by atoms with Gasteiger partial charge in [0.2, 0.25) is 0 Å². The number of carbonyl (C=O) groups is 1. The van der Waals surface area contributed by atoms with E-state index in [9.17, 15) is 4.79 Å². The summed E-state index contributed by atoms with van der Waals surface area (Å²) in [5, 5.41) is 1.22. The number of aromatic nitrogens is 1. The van der Waals surface area contributed by atoms with Crippen LogP contribution >= 0.6 is 0 Å². The lowest BCUT2D eigenvalue weighted by molar-refractivity contribution is -0.150. The van der Waals surface area contributed by atoms with Gasteiger partial charge in [0.15, 0.2) is 0 Å². The van der Waals surface area contributed by atoms with E-state index in [0.717, 1.165) is 17.6 Å². The summed E-state index contributed by atoms with van der Waals surface area (Å²) < 4.78 is 10.6. The number of methoxy groups -OCH3 is 1. The van der Waals surface area contributed by atoms with Crippen LogP contribution < -0.4 is 0 Å². The van der Waals surface area contributed by atoms with Crippen molar-refractivity contribution in [3.63, 3.8) is 0 Å². The Morgan fingerprint density at radius 1 is 1.47 bits per heavy atom. The quantitative estimate of drug-likeness (QED) is 0.843. The maximum atomic E-state index is 11.6. The molecule has 2 aromatic rings. The molecule has 0 fully saturated rings. The molecule has 1 unspecified atom stereocenters. The van der Waals surface area contributed by atoms with Crippen LogP contribution in [0.4, 0.5) is 0 Å². The highest BCUT2D eigenvalue weighted by atomic mass is 16.5. The minimum atomic E-state index is -0.625. The normalized spacial score (nSPS) is 22.2. The molecule has 0 saturated heterocycles. The van der Waals surface area contributed by atoms with Crippen LogP contribution in [0.15, 0.2) is 24.3 Å². The van der Waals surface area contributed by atoms with Crippen molar-refractivity contribution in [2.45, 2.75) is 25.4 Å². The topological polar surface area (TPSA) is 51.3 Å². The third-order valence-corrected chi connectivity index (χ3v) is 3.82. The standard InChI is InChI=1S/C15H17NO3/c1-15(9-13(17)18-2)14-11(7-8-19-15)10-5-3-4-6-12(10)16-14/h3-6,16H,7-9H2,1-2H3. The SMILES string of the molecule is COC(=O)CC1(C)OCCc2c1[nH]c1ccccc21. The predicted molar refractivity (Wildman–Crippen MR) is 71.9 cm³/mol. The first-order chi connectivity index (χ1) is 9.14. The van der Waals surface area contributed by atoms with Gasteiger partial charge in [0.1, 0.15) is 5.60 Å². The first-order valence-electron chi connectivity index (χ1n) is 6.45. The molecule has 4 nitrogen and oxygen atoms in total. The monoisotopic (exact) mass is 259 g/mol. The van der Waals surface area contributed by atoms with Gasteiger partial charge in [-0.05, 0) is 25.0 Å². The summed E-state index contributed by atoms with van der Waals surface area (Å²) in [5.41, 5.74) is 2.73. The molecule has 1 aromatic carbocycles. The molecule has 0 aliphatic carbocycles. The van der Waals surface area contributed by atoms with E-state index in [0.29, 0.717) is 6.61 Å². The molecule has 1 aromatic heterocycles. The number of ether oxygens (including phenoxy) is 2. The van der Waals surface area contributed by atoms with Crippen LogP contribution in [0.3, 0.4) is 0 Å². The van der Waals surface area contributed by atoms with Gasteiger partial charge < -0.3 is 14.5 Å². The fraction of sp³-hybridized carbons (Fsp3) is 0.400. The molecule has 0 radical (unpaired) electrons. The molecule has 0 amide bonds. The van der Waals surface area contributed by atoms with Crippen molar-refractivity contribution < 1.29 is 14.3 Å². The van der Waals surface area contributed by atoms with Crippen molar-refractivity contribution in [3.8, 4) is 0 Å². The number of hydrogen-bond acceptors (Lipinski definition) is 3. The lowest BCUT2D eigenvalue weighted by Gasteiger charge is -2.33. The molecule has 19 heavy (non-hydrogen) atoms. The van der Waals surface area contributed by atoms with Gasteiger partial charge in [0.25, 0.3) is 0 Å². The molecule has 2 heterocycles. The number of nitrogens with one attached hydrogen (secondary N) is 1. The first-order valence-corrected chi connectivity index (χ1v) is 6.45. The Morgan fingerprint density at radius 2 is 2.26 bits per heavy atom. The largest absolute Gasteiger partial charge is 0.469 e. The summed E-state index contributed by atoms with van der Waals surface area (Å²) in [6, 6.07) is 8.19. The number of esters is 1. The number of benzene rings is 1. The fourth-order valence-electron chi connectivity index (χ4n) is 2.85. The highest BCUT2D eigenvalue weighted by molar-refractivity contribution is 5.85. The van der Waals surface area contributed by atoms with E-state index in [2.05, 4.69) is 11.1 Å². The van der Waals surface area contributed by atoms with Gasteiger partial charge in [0, 0.05) is 10.9 Å². The molecule has 0 bridgehead atoms. The van der Waals surface area contributed by atoms with Crippen molar-refractivity contribution in [2.75, 3.05) is 13.7 Å². The van der Waals surface area contributed by atoms with Gasteiger partial charge in [-0.25, -0.2) is 0 Å². The van der Waals surface area contributed by atoms with Crippen molar-refractivity contribution in [1.29, 1.82) is 0 Å². The van der Waals surface area contributed by atoms with Gasteiger partial charge in [-0.3, -0.25) is 4.79 Å². The van der Waals surface area contributed by atoms with Gasteiger partial charge in [-0.1, -0.05) is 18.2 Å². The average molecular weight is 259 g/mol. The Balaban J connectivity index is 2.11. The van der Waals surface area contributed by atoms with Crippen molar-refractivity contribution in [1.82, 2.24) is 4.98 Å². The molecule has 0 spiro atoms. The Bertz CT molecular complexity index is 631. The molecule has 1 N–H and O–H groups in total. The summed E-state index contributed by atoms with van der Waals surface area (Å²) in [6.45, 7) is 2.57. The number of aromatic amines is 1. The number of carbonyl (C=O) groups excluding carboxylic acids is 1. The zero-order chi connectivity index (χ0) is 13.5. The molecular weight excluding hydrogens is 242 g/mol. The van der Waals surface area contributed by atoms with Gasteiger partial charge in [-0.2, -0.15) is 0 Å². The van der Waals surface area contributed by atoms with E-state index in [1.54, 1.807) is 0 Å². The molecule has 1 aliphatic heterocycles. The first kappa shape index (κ1) is 12.2. The highest BCUT2D eigenvalue weighted by Gasteiger charge is 2.38. The summed E-state index contributed by atoms with van der Waals surface area (Å²) in [4.78, 5) is 15.0. The maximum Gasteiger partial charge on any atom is 0.308 e. The highest BCUT2D eigenvalue weighted by Crippen LogP contribution is 2.38. The number of hydrogen-bond donors (Lipinski definition) is 1. The van der Waals surface area contributed by atoms with Crippen LogP contribution in [0, 0.1) is 0 Å². The van der Waals surface area contributed by atoms with Crippen molar-refractivity contribution in [3.05, 3.63) is 35.5 Å². The van der Waals surface area contributed by atoms with Gasteiger partial charge in [0.05, 0.1) is 25.8 Å². The number of fused-ring (bicyclic) bond motifs is 3. The summed E-state index contributed by atoms with van der Waals surface area (Å²) in [5.74, 6) is -0.256. The zero-order valence-electron chi connectivity index (χ0n) is 11.2. The van der Waals surface area contributed by atoms with Crippen LogP contribution in [0.2, 0.25) is 0 Å². The fourth-order valence-corrected chi connectivity index (χ4v) is 2.85. The molecule has 4 heteroatoms. The smallest absolute Gasteiger partial charge is 0.308 e. The van der Waals surface area contributed by atoms with Crippen LogP contribution in [-0.4, -0.2) is 24.7 Å². The van der Waals surface area contributed by atoms with Gasteiger partial charge in [-0.15, -0.1) is 0 Å². The van der Waals surface area contributed by atoms with Crippen molar-refractivity contribution in [2.24, 2.45) is 0 Å².